The van der Waals surface area contributed by atoms with E-state index in [0.717, 1.165) is 37.7 Å². The van der Waals surface area contributed by atoms with Crippen molar-refractivity contribution < 1.29 is 14.7 Å². The summed E-state index contributed by atoms with van der Waals surface area (Å²) >= 11 is 1.92. The van der Waals surface area contributed by atoms with E-state index < -0.39 is 5.60 Å². The number of Topliss-reactive ketones (excluding diaryl/α,β-unsaturated/α-hetero) is 1. The summed E-state index contributed by atoms with van der Waals surface area (Å²) in [6, 6.07) is 8.47. The number of aliphatic hydroxyl groups is 1. The van der Waals surface area contributed by atoms with Crippen LogP contribution in [0.5, 0.6) is 0 Å². The molecule has 1 aliphatic heterocycles. The Balaban J connectivity index is 1.55. The molecule has 1 aromatic carbocycles. The Bertz CT molecular complexity index is 1150. The van der Waals surface area contributed by atoms with Gasteiger partial charge in [-0.2, -0.15) is 5.26 Å². The normalized spacial score (nSPS) is 42.8. The van der Waals surface area contributed by atoms with Crippen molar-refractivity contribution in [2.75, 3.05) is 0 Å². The highest BCUT2D eigenvalue weighted by molar-refractivity contribution is 8.01. The maximum Gasteiger partial charge on any atom is 0.159 e. The molecule has 1 N–H and O–H groups in total. The molecule has 0 bridgehead atoms. The molecule has 1 unspecified atom stereocenters. The van der Waals surface area contributed by atoms with Crippen LogP contribution in [0.4, 0.5) is 0 Å². The van der Waals surface area contributed by atoms with Crippen molar-refractivity contribution in [3.63, 3.8) is 0 Å². The standard InChI is InChI=1S/C28H31NO3S/c1-16(30)17-3-5-20-22-15-26(2)23(8-9-27(26,32)11-12-29)21-6-4-18-14-19(31)7-10-28(18,25(21)22)33-24(20)13-17/h3,5,13-14,21-23,25,32H,4,6-11,15H2,1-2H3/t21-,22+,23-,25?,26-,27+,28+/m0/s1. The van der Waals surface area contributed by atoms with Crippen molar-refractivity contribution >= 4 is 23.3 Å². The molecular formula is C28H31NO3S. The molecule has 1 spiro atoms. The minimum Gasteiger partial charge on any atom is -0.388 e. The number of carbonyl (C=O) groups excluding carboxylic acids is 2. The van der Waals surface area contributed by atoms with Gasteiger partial charge in [-0.05, 0) is 92.4 Å². The molecule has 0 saturated heterocycles. The van der Waals surface area contributed by atoms with Crippen LogP contribution in [-0.4, -0.2) is 27.0 Å². The van der Waals surface area contributed by atoms with E-state index in [1.807, 2.05) is 23.9 Å². The summed E-state index contributed by atoms with van der Waals surface area (Å²) in [4.78, 5) is 25.8. The van der Waals surface area contributed by atoms with Gasteiger partial charge >= 0.3 is 0 Å². The molecule has 172 valence electrons. The first-order chi connectivity index (χ1) is 15.7. The maximum atomic E-state index is 12.4. The van der Waals surface area contributed by atoms with E-state index in [0.29, 0.717) is 30.6 Å². The van der Waals surface area contributed by atoms with Crippen LogP contribution in [-0.2, 0) is 4.79 Å². The molecule has 5 heteroatoms. The Morgan fingerprint density at radius 1 is 1.27 bits per heavy atom. The molecule has 4 nitrogen and oxygen atoms in total. The number of rotatable bonds is 2. The van der Waals surface area contributed by atoms with Crippen molar-refractivity contribution in [3.8, 4) is 6.07 Å². The molecule has 4 aliphatic carbocycles. The van der Waals surface area contributed by atoms with Crippen LogP contribution in [0.1, 0.15) is 87.1 Å². The second-order valence-corrected chi connectivity index (χ2v) is 12.8. The number of nitrogens with zero attached hydrogens (tertiary/aromatic N) is 1. The van der Waals surface area contributed by atoms with Crippen LogP contribution in [0.2, 0.25) is 0 Å². The first-order valence-corrected chi connectivity index (χ1v) is 13.2. The number of fused-ring (bicyclic) bond motifs is 4. The van der Waals surface area contributed by atoms with Gasteiger partial charge in [-0.15, -0.1) is 11.8 Å². The zero-order chi connectivity index (χ0) is 23.2. The minimum absolute atomic E-state index is 0.0731. The van der Waals surface area contributed by atoms with Crippen LogP contribution >= 0.6 is 11.8 Å². The highest BCUT2D eigenvalue weighted by atomic mass is 32.2. The first kappa shape index (κ1) is 21.6. The lowest BCUT2D eigenvalue weighted by Crippen LogP contribution is -2.60. The molecule has 0 amide bonds. The molecule has 3 saturated carbocycles. The number of thioether (sulfide) groups is 1. The monoisotopic (exact) mass is 461 g/mol. The van der Waals surface area contributed by atoms with Crippen molar-refractivity contribution in [2.45, 2.75) is 86.4 Å². The van der Waals surface area contributed by atoms with Gasteiger partial charge in [0.25, 0.3) is 0 Å². The van der Waals surface area contributed by atoms with Gasteiger partial charge in [0, 0.05) is 27.0 Å². The first-order valence-electron chi connectivity index (χ1n) is 12.4. The molecule has 5 aliphatic rings. The number of nitriles is 1. The van der Waals surface area contributed by atoms with Crippen molar-refractivity contribution in [3.05, 3.63) is 41.0 Å². The largest absolute Gasteiger partial charge is 0.388 e. The highest BCUT2D eigenvalue weighted by Gasteiger charge is 2.68. The summed E-state index contributed by atoms with van der Waals surface area (Å²) in [6.45, 7) is 3.86. The third kappa shape index (κ3) is 2.74. The van der Waals surface area contributed by atoms with Crippen LogP contribution < -0.4 is 0 Å². The van der Waals surface area contributed by atoms with Crippen molar-refractivity contribution in [1.29, 1.82) is 5.26 Å². The average Bonchev–Trinajstić information content (AvgIpc) is 3.04. The lowest BCUT2D eigenvalue weighted by Gasteiger charge is -2.64. The number of hydrogen-bond acceptors (Lipinski definition) is 5. The van der Waals surface area contributed by atoms with Gasteiger partial charge in [0.2, 0.25) is 0 Å². The lowest BCUT2D eigenvalue weighted by molar-refractivity contribution is -0.123. The fraction of sp³-hybridized carbons (Fsp3) is 0.607. The summed E-state index contributed by atoms with van der Waals surface area (Å²) in [5.74, 6) is 1.93. The van der Waals surface area contributed by atoms with Crippen molar-refractivity contribution in [2.24, 2.45) is 23.2 Å². The predicted octanol–water partition coefficient (Wildman–Crippen LogP) is 5.60. The molecule has 0 aromatic heterocycles. The van der Waals surface area contributed by atoms with E-state index in [4.69, 9.17) is 0 Å². The number of carbonyl (C=O) groups is 2. The fourth-order valence-electron chi connectivity index (χ4n) is 8.65. The second-order valence-electron chi connectivity index (χ2n) is 11.4. The number of ketones is 2. The molecule has 33 heavy (non-hydrogen) atoms. The van der Waals surface area contributed by atoms with E-state index >= 15 is 0 Å². The predicted molar refractivity (Wildman–Crippen MR) is 127 cm³/mol. The summed E-state index contributed by atoms with van der Waals surface area (Å²) < 4.78 is -0.0822. The molecule has 7 atom stereocenters. The molecule has 1 aromatic rings. The highest BCUT2D eigenvalue weighted by Crippen LogP contribution is 2.74. The van der Waals surface area contributed by atoms with E-state index in [1.165, 1.54) is 16.0 Å². The Labute approximate surface area is 199 Å². The Kier molecular flexibility index (Phi) is 4.62. The summed E-state index contributed by atoms with van der Waals surface area (Å²) in [5.41, 5.74) is 2.12. The third-order valence-corrected chi connectivity index (χ3v) is 11.9. The van der Waals surface area contributed by atoms with Gasteiger partial charge in [0.1, 0.15) is 0 Å². The van der Waals surface area contributed by atoms with Crippen LogP contribution in [0.15, 0.2) is 34.7 Å². The Hall–Kier alpha value is -1.90. The van der Waals surface area contributed by atoms with Gasteiger partial charge < -0.3 is 5.11 Å². The molecule has 3 fully saturated rings. The van der Waals surface area contributed by atoms with E-state index in [-0.39, 0.29) is 34.1 Å². The second kappa shape index (κ2) is 7.06. The van der Waals surface area contributed by atoms with E-state index in [1.54, 1.807) is 6.92 Å². The maximum absolute atomic E-state index is 12.4. The SMILES string of the molecule is CC(=O)c1ccc2c(c1)S[C@]13CCC(=O)C=C1CC[C@@H]1C3[C@@H]2C[C@@]2(C)[C@H]1CC[C@@]2(O)CC#N. The molecule has 6 rings (SSSR count). The molecular weight excluding hydrogens is 430 g/mol. The average molecular weight is 462 g/mol. The summed E-state index contributed by atoms with van der Waals surface area (Å²) in [6.07, 6.45) is 8.16. The zero-order valence-corrected chi connectivity index (χ0v) is 20.2. The minimum atomic E-state index is -0.937. The number of hydrogen-bond donors (Lipinski definition) is 1. The van der Waals surface area contributed by atoms with Gasteiger partial charge in [0.15, 0.2) is 11.6 Å². The lowest BCUT2D eigenvalue weighted by atomic mass is 9.46. The summed E-state index contributed by atoms with van der Waals surface area (Å²) in [7, 11) is 0. The fourth-order valence-corrected chi connectivity index (χ4v) is 10.5. The van der Waals surface area contributed by atoms with Gasteiger partial charge in [0.05, 0.1) is 18.1 Å². The Morgan fingerprint density at radius 3 is 2.85 bits per heavy atom. The van der Waals surface area contributed by atoms with Gasteiger partial charge in [-0.3, -0.25) is 9.59 Å². The van der Waals surface area contributed by atoms with Gasteiger partial charge in [-0.1, -0.05) is 19.1 Å². The number of benzene rings is 1. The van der Waals surface area contributed by atoms with Crippen LogP contribution in [0.25, 0.3) is 0 Å². The topological polar surface area (TPSA) is 78.2 Å². The van der Waals surface area contributed by atoms with Crippen molar-refractivity contribution in [1.82, 2.24) is 0 Å². The Morgan fingerprint density at radius 2 is 2.09 bits per heavy atom. The van der Waals surface area contributed by atoms with Crippen LogP contribution in [0, 0.1) is 34.5 Å². The smallest absolute Gasteiger partial charge is 0.159 e. The third-order valence-electron chi connectivity index (χ3n) is 10.2. The molecule has 1 heterocycles. The molecule has 0 radical (unpaired) electrons. The van der Waals surface area contributed by atoms with E-state index in [2.05, 4.69) is 25.1 Å². The quantitative estimate of drug-likeness (QED) is 0.580. The summed E-state index contributed by atoms with van der Waals surface area (Å²) in [5, 5.41) is 21.3. The van der Waals surface area contributed by atoms with E-state index in [9.17, 15) is 20.0 Å². The zero-order valence-electron chi connectivity index (χ0n) is 19.4. The van der Waals surface area contributed by atoms with Gasteiger partial charge in [-0.25, -0.2) is 0 Å². The van der Waals surface area contributed by atoms with Crippen LogP contribution in [0.3, 0.4) is 0 Å².